The van der Waals surface area contributed by atoms with Crippen LogP contribution in [0.2, 0.25) is 0 Å². The fourth-order valence-corrected chi connectivity index (χ4v) is 2.82. The summed E-state index contributed by atoms with van der Waals surface area (Å²) < 4.78 is 0. The van der Waals surface area contributed by atoms with Crippen LogP contribution in [0.15, 0.2) is 29.1 Å². The molecule has 0 aliphatic carbocycles. The van der Waals surface area contributed by atoms with Gasteiger partial charge in [-0.1, -0.05) is 19.9 Å². The number of hydrogen-bond acceptors (Lipinski definition) is 2. The SMILES string of the molecule is CC(C)c1ccc2[nH]c(=O)c(C3CCNC3)cc2c1. The zero-order valence-corrected chi connectivity index (χ0v) is 11.5. The average molecular weight is 256 g/mol. The highest BCUT2D eigenvalue weighted by molar-refractivity contribution is 5.80. The van der Waals surface area contributed by atoms with Crippen LogP contribution >= 0.6 is 0 Å². The number of aromatic amines is 1. The molecular formula is C16H20N2O. The van der Waals surface area contributed by atoms with Crippen molar-refractivity contribution in [2.24, 2.45) is 0 Å². The normalized spacial score (nSPS) is 19.4. The third-order valence-corrected chi connectivity index (χ3v) is 4.06. The average Bonchev–Trinajstić information content (AvgIpc) is 2.91. The van der Waals surface area contributed by atoms with Gasteiger partial charge in [0.1, 0.15) is 0 Å². The molecule has 0 spiro atoms. The van der Waals surface area contributed by atoms with Crippen LogP contribution in [0.5, 0.6) is 0 Å². The summed E-state index contributed by atoms with van der Waals surface area (Å²) in [5, 5.41) is 4.47. The fraction of sp³-hybridized carbons (Fsp3) is 0.438. The fourth-order valence-electron chi connectivity index (χ4n) is 2.82. The highest BCUT2D eigenvalue weighted by Gasteiger charge is 2.19. The molecule has 0 radical (unpaired) electrons. The van der Waals surface area contributed by atoms with E-state index in [0.29, 0.717) is 11.8 Å². The molecule has 0 bridgehead atoms. The van der Waals surface area contributed by atoms with Crippen molar-refractivity contribution in [2.75, 3.05) is 13.1 Å². The molecule has 3 nitrogen and oxygen atoms in total. The third kappa shape index (κ3) is 2.30. The summed E-state index contributed by atoms with van der Waals surface area (Å²) in [6.45, 7) is 6.30. The Bertz CT molecular complexity index is 651. The minimum absolute atomic E-state index is 0.0681. The summed E-state index contributed by atoms with van der Waals surface area (Å²) in [6.07, 6.45) is 1.05. The molecule has 0 amide bonds. The Morgan fingerprint density at radius 1 is 1.26 bits per heavy atom. The number of hydrogen-bond donors (Lipinski definition) is 2. The van der Waals surface area contributed by atoms with Crippen molar-refractivity contribution in [3.05, 3.63) is 45.7 Å². The van der Waals surface area contributed by atoms with Crippen molar-refractivity contribution in [2.45, 2.75) is 32.1 Å². The van der Waals surface area contributed by atoms with Crippen LogP contribution in [0.1, 0.15) is 43.2 Å². The monoisotopic (exact) mass is 256 g/mol. The summed E-state index contributed by atoms with van der Waals surface area (Å²) >= 11 is 0. The van der Waals surface area contributed by atoms with Gasteiger partial charge in [0.25, 0.3) is 5.56 Å². The van der Waals surface area contributed by atoms with Crippen molar-refractivity contribution >= 4 is 10.9 Å². The molecule has 3 rings (SSSR count). The number of H-pyrrole nitrogens is 1. The first-order chi connectivity index (χ1) is 9.15. The zero-order chi connectivity index (χ0) is 13.4. The van der Waals surface area contributed by atoms with E-state index in [1.807, 2.05) is 6.07 Å². The zero-order valence-electron chi connectivity index (χ0n) is 11.5. The van der Waals surface area contributed by atoms with Crippen molar-refractivity contribution in [3.8, 4) is 0 Å². The number of aromatic nitrogens is 1. The van der Waals surface area contributed by atoms with E-state index in [2.05, 4.69) is 42.3 Å². The van der Waals surface area contributed by atoms with Crippen molar-refractivity contribution in [1.82, 2.24) is 10.3 Å². The summed E-state index contributed by atoms with van der Waals surface area (Å²) in [4.78, 5) is 15.2. The Morgan fingerprint density at radius 3 is 2.79 bits per heavy atom. The first-order valence-electron chi connectivity index (χ1n) is 7.03. The van der Waals surface area contributed by atoms with Crippen molar-refractivity contribution in [3.63, 3.8) is 0 Å². The number of nitrogens with one attached hydrogen (secondary N) is 2. The van der Waals surface area contributed by atoms with Gasteiger partial charge in [0, 0.05) is 23.5 Å². The summed E-state index contributed by atoms with van der Waals surface area (Å²) in [6, 6.07) is 8.39. The molecule has 2 heterocycles. The van der Waals surface area contributed by atoms with Crippen LogP contribution in [0.25, 0.3) is 10.9 Å². The van der Waals surface area contributed by atoms with Crippen molar-refractivity contribution in [1.29, 1.82) is 0 Å². The molecular weight excluding hydrogens is 236 g/mol. The van der Waals surface area contributed by atoms with Gasteiger partial charge in [-0.15, -0.1) is 0 Å². The highest BCUT2D eigenvalue weighted by atomic mass is 16.1. The maximum atomic E-state index is 12.2. The molecule has 1 aromatic heterocycles. The van der Waals surface area contributed by atoms with Crippen LogP contribution in [0.3, 0.4) is 0 Å². The van der Waals surface area contributed by atoms with Crippen LogP contribution in [-0.4, -0.2) is 18.1 Å². The lowest BCUT2D eigenvalue weighted by Crippen LogP contribution is -2.18. The topological polar surface area (TPSA) is 44.9 Å². The smallest absolute Gasteiger partial charge is 0.251 e. The number of fused-ring (bicyclic) bond motifs is 1. The van der Waals surface area contributed by atoms with E-state index in [9.17, 15) is 4.79 Å². The lowest BCUT2D eigenvalue weighted by Gasteiger charge is -2.11. The Hall–Kier alpha value is -1.61. The van der Waals surface area contributed by atoms with Crippen LogP contribution < -0.4 is 10.9 Å². The summed E-state index contributed by atoms with van der Waals surface area (Å²) in [5.41, 5.74) is 3.25. The van der Waals surface area contributed by atoms with Gasteiger partial charge in [-0.3, -0.25) is 4.79 Å². The van der Waals surface area contributed by atoms with E-state index >= 15 is 0 Å². The molecule has 1 fully saturated rings. The maximum Gasteiger partial charge on any atom is 0.251 e. The van der Waals surface area contributed by atoms with E-state index < -0.39 is 0 Å². The van der Waals surface area contributed by atoms with Gasteiger partial charge in [-0.05, 0) is 48.0 Å². The molecule has 2 N–H and O–H groups in total. The molecule has 100 valence electrons. The van der Waals surface area contributed by atoms with Gasteiger partial charge in [0.15, 0.2) is 0 Å². The van der Waals surface area contributed by atoms with Crippen LogP contribution in [0.4, 0.5) is 0 Å². The third-order valence-electron chi connectivity index (χ3n) is 4.06. The Kier molecular flexibility index (Phi) is 3.15. The van der Waals surface area contributed by atoms with Gasteiger partial charge in [0.2, 0.25) is 0 Å². The standard InChI is InChI=1S/C16H20N2O/c1-10(2)11-3-4-15-13(7-11)8-14(16(19)18-15)12-5-6-17-9-12/h3-4,7-8,10,12,17H,5-6,9H2,1-2H3,(H,18,19). The molecule has 1 aromatic carbocycles. The molecule has 1 aliphatic rings. The lowest BCUT2D eigenvalue weighted by atomic mass is 9.96. The molecule has 2 aromatic rings. The number of rotatable bonds is 2. The predicted molar refractivity (Wildman–Crippen MR) is 78.9 cm³/mol. The molecule has 1 saturated heterocycles. The lowest BCUT2D eigenvalue weighted by molar-refractivity contribution is 0.753. The molecule has 1 aliphatic heterocycles. The summed E-state index contributed by atoms with van der Waals surface area (Å²) in [7, 11) is 0. The molecule has 3 heteroatoms. The van der Waals surface area contributed by atoms with E-state index in [1.54, 1.807) is 0 Å². The first-order valence-corrected chi connectivity index (χ1v) is 7.03. The Morgan fingerprint density at radius 2 is 2.11 bits per heavy atom. The van der Waals surface area contributed by atoms with Crippen molar-refractivity contribution < 1.29 is 0 Å². The molecule has 19 heavy (non-hydrogen) atoms. The van der Waals surface area contributed by atoms with Gasteiger partial charge >= 0.3 is 0 Å². The van der Waals surface area contributed by atoms with E-state index in [1.165, 1.54) is 5.56 Å². The summed E-state index contributed by atoms with van der Waals surface area (Å²) in [5.74, 6) is 0.865. The van der Waals surface area contributed by atoms with Gasteiger partial charge in [0.05, 0.1) is 0 Å². The Labute approximate surface area is 113 Å². The van der Waals surface area contributed by atoms with E-state index in [4.69, 9.17) is 0 Å². The molecule has 1 atom stereocenters. The maximum absolute atomic E-state index is 12.2. The molecule has 1 unspecified atom stereocenters. The molecule has 0 saturated carbocycles. The second-order valence-corrected chi connectivity index (χ2v) is 5.74. The van der Waals surface area contributed by atoms with E-state index in [0.717, 1.165) is 36.0 Å². The van der Waals surface area contributed by atoms with Gasteiger partial charge in [-0.25, -0.2) is 0 Å². The van der Waals surface area contributed by atoms with Gasteiger partial charge < -0.3 is 10.3 Å². The minimum atomic E-state index is 0.0681. The largest absolute Gasteiger partial charge is 0.322 e. The highest BCUT2D eigenvalue weighted by Crippen LogP contribution is 2.24. The first kappa shape index (κ1) is 12.4. The predicted octanol–water partition coefficient (Wildman–Crippen LogP) is 2.73. The van der Waals surface area contributed by atoms with Crippen LogP contribution in [-0.2, 0) is 0 Å². The second-order valence-electron chi connectivity index (χ2n) is 5.74. The quantitative estimate of drug-likeness (QED) is 0.867. The number of pyridine rings is 1. The van der Waals surface area contributed by atoms with E-state index in [-0.39, 0.29) is 5.56 Å². The van der Waals surface area contributed by atoms with Crippen LogP contribution in [0, 0.1) is 0 Å². The number of benzene rings is 1. The Balaban J connectivity index is 2.13. The second kappa shape index (κ2) is 4.82. The van der Waals surface area contributed by atoms with Gasteiger partial charge in [-0.2, -0.15) is 0 Å². The minimum Gasteiger partial charge on any atom is -0.322 e.